The number of amides is 1. The Morgan fingerprint density at radius 1 is 1.27 bits per heavy atom. The van der Waals surface area contributed by atoms with Crippen LogP contribution in [0.4, 0.5) is 15.8 Å². The summed E-state index contributed by atoms with van der Waals surface area (Å²) in [6, 6.07) is 10.5. The molecular weight excluding hydrogens is 385 g/mol. The second kappa shape index (κ2) is 7.82. The number of aromatic amines is 1. The van der Waals surface area contributed by atoms with Crippen LogP contribution in [0.3, 0.4) is 0 Å². The average molecular weight is 409 g/mol. The molecule has 1 atom stereocenters. The van der Waals surface area contributed by atoms with E-state index in [2.05, 4.69) is 17.2 Å². The average Bonchev–Trinajstić information content (AvgIpc) is 3.07. The van der Waals surface area contributed by atoms with Crippen molar-refractivity contribution in [2.75, 3.05) is 23.9 Å². The highest BCUT2D eigenvalue weighted by Gasteiger charge is 2.27. The standard InChI is InChI=1S/C23H24FN3O3/c1-13-4-8-18-17(10-13)21(22(25-18)23(29)30-3)26-20(28)12-27-14(2)5-6-15-11-16(24)7-9-19(15)27/h4,7-11,14,25H,5-6,12H2,1-3H3,(H,26,28)/t14-/m0/s1. The predicted octanol–water partition coefficient (Wildman–Crippen LogP) is 4.18. The van der Waals surface area contributed by atoms with Gasteiger partial charge in [-0.05, 0) is 62.6 Å². The molecule has 2 heterocycles. The Hall–Kier alpha value is -3.35. The van der Waals surface area contributed by atoms with Gasteiger partial charge in [0.2, 0.25) is 5.91 Å². The Balaban J connectivity index is 1.64. The lowest BCUT2D eigenvalue weighted by atomic mass is 9.96. The summed E-state index contributed by atoms with van der Waals surface area (Å²) in [5.74, 6) is -1.08. The van der Waals surface area contributed by atoms with Crippen LogP contribution in [0, 0.1) is 12.7 Å². The lowest BCUT2D eigenvalue weighted by molar-refractivity contribution is -0.115. The summed E-state index contributed by atoms with van der Waals surface area (Å²) in [5.41, 5.74) is 4.14. The van der Waals surface area contributed by atoms with Crippen molar-refractivity contribution >= 4 is 34.2 Å². The fourth-order valence-corrected chi connectivity index (χ4v) is 4.06. The van der Waals surface area contributed by atoms with Gasteiger partial charge in [0.15, 0.2) is 0 Å². The molecule has 0 saturated carbocycles. The van der Waals surface area contributed by atoms with Crippen molar-refractivity contribution < 1.29 is 18.7 Å². The first-order valence-electron chi connectivity index (χ1n) is 9.93. The smallest absolute Gasteiger partial charge is 0.356 e. The molecule has 3 aromatic rings. The van der Waals surface area contributed by atoms with E-state index >= 15 is 0 Å². The second-order valence-electron chi connectivity index (χ2n) is 7.75. The van der Waals surface area contributed by atoms with Crippen molar-refractivity contribution in [3.63, 3.8) is 0 Å². The summed E-state index contributed by atoms with van der Waals surface area (Å²) >= 11 is 0. The molecule has 1 aliphatic rings. The molecule has 1 aliphatic heterocycles. The number of methoxy groups -OCH3 is 1. The van der Waals surface area contributed by atoms with Gasteiger partial charge in [-0.2, -0.15) is 0 Å². The van der Waals surface area contributed by atoms with E-state index in [0.717, 1.165) is 40.6 Å². The molecule has 4 rings (SSSR count). The molecule has 0 spiro atoms. The van der Waals surface area contributed by atoms with Crippen LogP contribution in [0.15, 0.2) is 36.4 Å². The Bertz CT molecular complexity index is 1140. The van der Waals surface area contributed by atoms with Crippen molar-refractivity contribution in [3.8, 4) is 0 Å². The van der Waals surface area contributed by atoms with Crippen LogP contribution in [-0.4, -0.2) is 36.6 Å². The number of H-pyrrole nitrogens is 1. The summed E-state index contributed by atoms with van der Waals surface area (Å²) < 4.78 is 18.5. The quantitative estimate of drug-likeness (QED) is 0.634. The Morgan fingerprint density at radius 3 is 2.83 bits per heavy atom. The lowest BCUT2D eigenvalue weighted by Gasteiger charge is -2.36. The maximum absolute atomic E-state index is 13.6. The number of nitrogens with zero attached hydrogens (tertiary/aromatic N) is 1. The predicted molar refractivity (Wildman–Crippen MR) is 115 cm³/mol. The summed E-state index contributed by atoms with van der Waals surface area (Å²) in [5, 5.41) is 3.65. The van der Waals surface area contributed by atoms with Gasteiger partial charge < -0.3 is 19.9 Å². The first-order chi connectivity index (χ1) is 14.4. The van der Waals surface area contributed by atoms with E-state index < -0.39 is 5.97 Å². The number of carbonyl (C=O) groups is 2. The summed E-state index contributed by atoms with van der Waals surface area (Å²) in [4.78, 5) is 30.3. The molecule has 156 valence electrons. The molecule has 7 heteroatoms. The maximum Gasteiger partial charge on any atom is 0.356 e. The number of esters is 1. The van der Waals surface area contributed by atoms with E-state index in [1.165, 1.54) is 19.2 Å². The van der Waals surface area contributed by atoms with Crippen molar-refractivity contribution in [2.45, 2.75) is 32.7 Å². The van der Waals surface area contributed by atoms with Gasteiger partial charge in [-0.3, -0.25) is 4.79 Å². The molecule has 0 radical (unpaired) electrons. The summed E-state index contributed by atoms with van der Waals surface area (Å²) in [7, 11) is 1.30. The van der Waals surface area contributed by atoms with Gasteiger partial charge in [0, 0.05) is 22.6 Å². The minimum absolute atomic E-state index is 0.0961. The normalized spacial score (nSPS) is 15.7. The molecule has 30 heavy (non-hydrogen) atoms. The van der Waals surface area contributed by atoms with Crippen LogP contribution in [0.25, 0.3) is 10.9 Å². The largest absolute Gasteiger partial charge is 0.464 e. The number of hydrogen-bond donors (Lipinski definition) is 2. The highest BCUT2D eigenvalue weighted by Crippen LogP contribution is 2.32. The van der Waals surface area contributed by atoms with Crippen molar-refractivity contribution in [1.29, 1.82) is 0 Å². The zero-order chi connectivity index (χ0) is 21.4. The molecule has 0 fully saturated rings. The number of aromatic nitrogens is 1. The molecular formula is C23H24FN3O3. The zero-order valence-electron chi connectivity index (χ0n) is 17.2. The van der Waals surface area contributed by atoms with Gasteiger partial charge in [0.1, 0.15) is 11.5 Å². The molecule has 0 saturated heterocycles. The minimum Gasteiger partial charge on any atom is -0.464 e. The van der Waals surface area contributed by atoms with Gasteiger partial charge >= 0.3 is 5.97 Å². The van der Waals surface area contributed by atoms with Crippen LogP contribution in [0.5, 0.6) is 0 Å². The number of aryl methyl sites for hydroxylation is 2. The number of benzene rings is 2. The number of rotatable bonds is 4. The Morgan fingerprint density at radius 2 is 2.07 bits per heavy atom. The Labute approximate surface area is 174 Å². The van der Waals surface area contributed by atoms with Gasteiger partial charge in [-0.25, -0.2) is 9.18 Å². The van der Waals surface area contributed by atoms with Gasteiger partial charge in [0.25, 0.3) is 0 Å². The van der Waals surface area contributed by atoms with Crippen LogP contribution >= 0.6 is 0 Å². The lowest BCUT2D eigenvalue weighted by Crippen LogP contribution is -2.42. The van der Waals surface area contributed by atoms with E-state index in [0.29, 0.717) is 5.69 Å². The molecule has 1 aromatic heterocycles. The van der Waals surface area contributed by atoms with Crippen LogP contribution in [0.1, 0.15) is 35.0 Å². The number of halogens is 1. The Kier molecular flexibility index (Phi) is 5.20. The third kappa shape index (κ3) is 3.63. The van der Waals surface area contributed by atoms with Crippen LogP contribution in [0.2, 0.25) is 0 Å². The van der Waals surface area contributed by atoms with E-state index in [4.69, 9.17) is 4.74 Å². The van der Waals surface area contributed by atoms with Crippen LogP contribution in [-0.2, 0) is 16.0 Å². The number of anilines is 2. The first-order valence-corrected chi connectivity index (χ1v) is 9.93. The number of carbonyl (C=O) groups excluding carboxylic acids is 2. The fourth-order valence-electron chi connectivity index (χ4n) is 4.06. The summed E-state index contributed by atoms with van der Waals surface area (Å²) in [6.07, 6.45) is 1.62. The summed E-state index contributed by atoms with van der Waals surface area (Å²) in [6.45, 7) is 4.09. The first kappa shape index (κ1) is 19.9. The van der Waals surface area contributed by atoms with E-state index in [9.17, 15) is 14.0 Å². The molecule has 6 nitrogen and oxygen atoms in total. The van der Waals surface area contributed by atoms with Crippen molar-refractivity contribution in [3.05, 3.63) is 59.0 Å². The molecule has 0 unspecified atom stereocenters. The molecule has 0 aliphatic carbocycles. The van der Waals surface area contributed by atoms with Crippen LogP contribution < -0.4 is 10.2 Å². The van der Waals surface area contributed by atoms with Gasteiger partial charge in [-0.15, -0.1) is 0 Å². The molecule has 2 aromatic carbocycles. The van der Waals surface area contributed by atoms with E-state index in [-0.39, 0.29) is 30.0 Å². The highest BCUT2D eigenvalue weighted by atomic mass is 19.1. The fraction of sp³-hybridized carbons (Fsp3) is 0.304. The monoisotopic (exact) mass is 409 g/mol. The number of hydrogen-bond acceptors (Lipinski definition) is 4. The van der Waals surface area contributed by atoms with E-state index in [1.54, 1.807) is 6.07 Å². The van der Waals surface area contributed by atoms with E-state index in [1.807, 2.05) is 30.0 Å². The van der Waals surface area contributed by atoms with Gasteiger partial charge in [-0.1, -0.05) is 11.6 Å². The third-order valence-corrected chi connectivity index (χ3v) is 5.64. The number of nitrogens with one attached hydrogen (secondary N) is 2. The SMILES string of the molecule is COC(=O)c1[nH]c2ccc(C)cc2c1NC(=O)CN1c2ccc(F)cc2CC[C@@H]1C. The topological polar surface area (TPSA) is 74.4 Å². The molecule has 1 amide bonds. The third-order valence-electron chi connectivity index (χ3n) is 5.64. The zero-order valence-corrected chi connectivity index (χ0v) is 17.2. The number of fused-ring (bicyclic) bond motifs is 2. The van der Waals surface area contributed by atoms with Crippen molar-refractivity contribution in [1.82, 2.24) is 4.98 Å². The minimum atomic E-state index is -0.550. The molecule has 2 N–H and O–H groups in total. The van der Waals surface area contributed by atoms with Gasteiger partial charge in [0.05, 0.1) is 19.3 Å². The number of ether oxygens (including phenoxy) is 1. The maximum atomic E-state index is 13.6. The van der Waals surface area contributed by atoms with Crippen molar-refractivity contribution in [2.24, 2.45) is 0 Å². The highest BCUT2D eigenvalue weighted by molar-refractivity contribution is 6.11. The molecule has 0 bridgehead atoms. The second-order valence-corrected chi connectivity index (χ2v) is 7.75.